The molecule has 5 heteroatoms. The van der Waals surface area contributed by atoms with Crippen LogP contribution in [0, 0.1) is 0 Å². The predicted molar refractivity (Wildman–Crippen MR) is 81.2 cm³/mol. The van der Waals surface area contributed by atoms with Gasteiger partial charge in [-0.25, -0.2) is 0 Å². The van der Waals surface area contributed by atoms with Gasteiger partial charge in [-0.05, 0) is 45.2 Å². The monoisotopic (exact) mass is 293 g/mol. The van der Waals surface area contributed by atoms with E-state index in [1.165, 1.54) is 0 Å². The van der Waals surface area contributed by atoms with Crippen molar-refractivity contribution >= 4 is 11.6 Å². The first-order chi connectivity index (χ1) is 9.65. The van der Waals surface area contributed by atoms with Crippen LogP contribution >= 0.6 is 11.6 Å². The Kier molecular flexibility index (Phi) is 5.04. The molecule has 0 aliphatic heterocycles. The van der Waals surface area contributed by atoms with Crippen molar-refractivity contribution in [1.29, 1.82) is 0 Å². The van der Waals surface area contributed by atoms with Gasteiger partial charge in [0, 0.05) is 17.8 Å². The summed E-state index contributed by atoms with van der Waals surface area (Å²) in [5, 5.41) is 8.28. The standard InChI is InChI=1S/C15H20ClN3O/c1-4-19-14(8-9-18-19)15(17-3)11(2)20-13-7-5-6-12(16)10-13/h5-11,15,17H,4H2,1-3H3. The maximum Gasteiger partial charge on any atom is 0.121 e. The summed E-state index contributed by atoms with van der Waals surface area (Å²) in [4.78, 5) is 0. The normalized spacial score (nSPS) is 14.0. The lowest BCUT2D eigenvalue weighted by Crippen LogP contribution is -2.33. The van der Waals surface area contributed by atoms with Crippen molar-refractivity contribution in [3.05, 3.63) is 47.2 Å². The zero-order chi connectivity index (χ0) is 14.5. The summed E-state index contributed by atoms with van der Waals surface area (Å²) >= 11 is 5.98. The van der Waals surface area contributed by atoms with E-state index in [2.05, 4.69) is 17.3 Å². The van der Waals surface area contributed by atoms with Gasteiger partial charge in [-0.2, -0.15) is 5.10 Å². The molecular formula is C15H20ClN3O. The van der Waals surface area contributed by atoms with Gasteiger partial charge in [0.1, 0.15) is 11.9 Å². The van der Waals surface area contributed by atoms with Crippen molar-refractivity contribution in [2.24, 2.45) is 0 Å². The number of nitrogens with zero attached hydrogens (tertiary/aromatic N) is 2. The maximum absolute atomic E-state index is 5.98. The molecule has 0 amide bonds. The average molecular weight is 294 g/mol. The number of ether oxygens (including phenoxy) is 1. The number of rotatable bonds is 6. The summed E-state index contributed by atoms with van der Waals surface area (Å²) in [7, 11) is 1.93. The van der Waals surface area contributed by atoms with Gasteiger partial charge in [0.15, 0.2) is 0 Å². The highest BCUT2D eigenvalue weighted by Crippen LogP contribution is 2.23. The van der Waals surface area contributed by atoms with Crippen LogP contribution in [-0.2, 0) is 6.54 Å². The van der Waals surface area contributed by atoms with Crippen molar-refractivity contribution in [3.8, 4) is 5.75 Å². The molecule has 2 atom stereocenters. The minimum Gasteiger partial charge on any atom is -0.489 e. The first kappa shape index (κ1) is 14.9. The Morgan fingerprint density at radius 2 is 2.20 bits per heavy atom. The average Bonchev–Trinajstić information content (AvgIpc) is 2.88. The summed E-state index contributed by atoms with van der Waals surface area (Å²) < 4.78 is 7.95. The van der Waals surface area contributed by atoms with Crippen LogP contribution < -0.4 is 10.1 Å². The number of aryl methyl sites for hydroxylation is 1. The minimum absolute atomic E-state index is 0.0412. The largest absolute Gasteiger partial charge is 0.489 e. The van der Waals surface area contributed by atoms with Gasteiger partial charge in [0.05, 0.1) is 11.7 Å². The molecule has 108 valence electrons. The number of halogens is 1. The van der Waals surface area contributed by atoms with Gasteiger partial charge in [-0.3, -0.25) is 4.68 Å². The highest BCUT2D eigenvalue weighted by atomic mass is 35.5. The highest BCUT2D eigenvalue weighted by Gasteiger charge is 2.22. The summed E-state index contributed by atoms with van der Waals surface area (Å²) in [6.45, 7) is 4.95. The number of aromatic nitrogens is 2. The molecule has 0 saturated heterocycles. The van der Waals surface area contributed by atoms with Crippen LogP contribution in [-0.4, -0.2) is 22.9 Å². The second-order valence-corrected chi connectivity index (χ2v) is 5.05. The Labute approximate surface area is 124 Å². The van der Waals surface area contributed by atoms with E-state index in [4.69, 9.17) is 16.3 Å². The number of benzene rings is 1. The van der Waals surface area contributed by atoms with Crippen molar-refractivity contribution in [1.82, 2.24) is 15.1 Å². The highest BCUT2D eigenvalue weighted by molar-refractivity contribution is 6.30. The number of likely N-dealkylation sites (N-methyl/N-ethyl adjacent to an activating group) is 1. The van der Waals surface area contributed by atoms with E-state index < -0.39 is 0 Å². The van der Waals surface area contributed by atoms with Crippen LogP contribution in [0.3, 0.4) is 0 Å². The van der Waals surface area contributed by atoms with E-state index >= 15 is 0 Å². The molecule has 1 N–H and O–H groups in total. The molecule has 20 heavy (non-hydrogen) atoms. The lowest BCUT2D eigenvalue weighted by Gasteiger charge is -2.25. The lowest BCUT2D eigenvalue weighted by atomic mass is 10.1. The molecule has 2 unspecified atom stereocenters. The van der Waals surface area contributed by atoms with E-state index in [0.29, 0.717) is 5.02 Å². The van der Waals surface area contributed by atoms with Gasteiger partial charge in [0.25, 0.3) is 0 Å². The van der Waals surface area contributed by atoms with E-state index in [-0.39, 0.29) is 12.1 Å². The van der Waals surface area contributed by atoms with Crippen molar-refractivity contribution in [3.63, 3.8) is 0 Å². The quantitative estimate of drug-likeness (QED) is 0.888. The van der Waals surface area contributed by atoms with E-state index in [0.717, 1.165) is 18.0 Å². The molecule has 0 spiro atoms. The summed E-state index contributed by atoms with van der Waals surface area (Å²) in [5.41, 5.74) is 1.12. The van der Waals surface area contributed by atoms with Crippen LogP contribution in [0.15, 0.2) is 36.5 Å². The molecule has 0 fully saturated rings. The molecule has 1 aromatic heterocycles. The molecule has 1 aromatic carbocycles. The van der Waals surface area contributed by atoms with Crippen LogP contribution in [0.2, 0.25) is 5.02 Å². The molecule has 1 heterocycles. The minimum atomic E-state index is -0.0412. The molecular weight excluding hydrogens is 274 g/mol. The zero-order valence-electron chi connectivity index (χ0n) is 12.0. The Morgan fingerprint density at radius 3 is 2.85 bits per heavy atom. The summed E-state index contributed by atoms with van der Waals surface area (Å²) in [5.74, 6) is 0.771. The van der Waals surface area contributed by atoms with Crippen LogP contribution in [0.25, 0.3) is 0 Å². The molecule has 2 aromatic rings. The Bertz CT molecular complexity index is 556. The predicted octanol–water partition coefficient (Wildman–Crippen LogP) is 3.28. The van der Waals surface area contributed by atoms with Crippen molar-refractivity contribution < 1.29 is 4.74 Å². The van der Waals surface area contributed by atoms with Crippen molar-refractivity contribution in [2.45, 2.75) is 32.5 Å². The van der Waals surface area contributed by atoms with Crippen LogP contribution in [0.5, 0.6) is 5.75 Å². The van der Waals surface area contributed by atoms with Crippen LogP contribution in [0.4, 0.5) is 0 Å². The molecule has 0 aliphatic rings. The first-order valence-electron chi connectivity index (χ1n) is 6.77. The zero-order valence-corrected chi connectivity index (χ0v) is 12.8. The lowest BCUT2D eigenvalue weighted by molar-refractivity contribution is 0.170. The van der Waals surface area contributed by atoms with Crippen LogP contribution in [0.1, 0.15) is 25.6 Å². The van der Waals surface area contributed by atoms with Gasteiger partial charge < -0.3 is 10.1 Å². The second-order valence-electron chi connectivity index (χ2n) is 4.62. The SMILES string of the molecule is CCn1nccc1C(NC)C(C)Oc1cccc(Cl)c1. The fraction of sp³-hybridized carbons (Fsp3) is 0.400. The third kappa shape index (κ3) is 3.32. The molecule has 0 aliphatic carbocycles. The van der Waals surface area contributed by atoms with Gasteiger partial charge in [-0.1, -0.05) is 17.7 Å². The Hall–Kier alpha value is -1.52. The smallest absolute Gasteiger partial charge is 0.121 e. The molecule has 0 radical (unpaired) electrons. The molecule has 4 nitrogen and oxygen atoms in total. The van der Waals surface area contributed by atoms with E-state index in [9.17, 15) is 0 Å². The van der Waals surface area contributed by atoms with Gasteiger partial charge in [-0.15, -0.1) is 0 Å². The van der Waals surface area contributed by atoms with Gasteiger partial charge in [0.2, 0.25) is 0 Å². The third-order valence-corrected chi connectivity index (χ3v) is 3.50. The summed E-state index contributed by atoms with van der Waals surface area (Å²) in [6, 6.07) is 9.53. The van der Waals surface area contributed by atoms with E-state index in [1.54, 1.807) is 0 Å². The second kappa shape index (κ2) is 6.77. The van der Waals surface area contributed by atoms with E-state index in [1.807, 2.05) is 55.2 Å². The number of hydrogen-bond acceptors (Lipinski definition) is 3. The Morgan fingerprint density at radius 1 is 1.40 bits per heavy atom. The molecule has 0 saturated carbocycles. The topological polar surface area (TPSA) is 39.1 Å². The molecule has 2 rings (SSSR count). The fourth-order valence-corrected chi connectivity index (χ4v) is 2.50. The van der Waals surface area contributed by atoms with Gasteiger partial charge >= 0.3 is 0 Å². The Balaban J connectivity index is 2.15. The number of nitrogens with one attached hydrogen (secondary N) is 1. The summed E-state index contributed by atoms with van der Waals surface area (Å²) in [6.07, 6.45) is 1.77. The number of hydrogen-bond donors (Lipinski definition) is 1. The van der Waals surface area contributed by atoms with Crippen molar-refractivity contribution in [2.75, 3.05) is 7.05 Å². The fourth-order valence-electron chi connectivity index (χ4n) is 2.32. The maximum atomic E-state index is 5.98. The third-order valence-electron chi connectivity index (χ3n) is 3.27. The molecule has 0 bridgehead atoms. The first-order valence-corrected chi connectivity index (χ1v) is 7.14.